The lowest BCUT2D eigenvalue weighted by Crippen LogP contribution is -2.53. The zero-order valence-electron chi connectivity index (χ0n) is 28.7. The van der Waals surface area contributed by atoms with E-state index < -0.39 is 45.7 Å². The number of aromatic hydroxyl groups is 1. The Labute approximate surface area is 298 Å². The van der Waals surface area contributed by atoms with Gasteiger partial charge in [-0.3, -0.25) is 13.9 Å². The molecule has 4 rings (SSSR count). The Morgan fingerprint density at radius 1 is 1.02 bits per heavy atom. The van der Waals surface area contributed by atoms with Crippen molar-refractivity contribution in [3.05, 3.63) is 118 Å². The second-order valence-corrected chi connectivity index (χ2v) is 15.5. The van der Waals surface area contributed by atoms with Gasteiger partial charge in [-0.2, -0.15) is 4.31 Å². The van der Waals surface area contributed by atoms with Crippen LogP contribution in [0.2, 0.25) is 5.02 Å². The van der Waals surface area contributed by atoms with Gasteiger partial charge in [0.2, 0.25) is 21.8 Å². The van der Waals surface area contributed by atoms with Crippen LogP contribution in [0.1, 0.15) is 50.4 Å². The molecule has 4 aromatic rings. The Morgan fingerprint density at radius 2 is 1.68 bits per heavy atom. The number of nitrogens with two attached hydrogens (primary N) is 1. The summed E-state index contributed by atoms with van der Waals surface area (Å²) >= 11 is 6.05. The zero-order chi connectivity index (χ0) is 36.7. The average molecular weight is 724 g/mol. The number of halogens is 1. The highest BCUT2D eigenvalue weighted by Crippen LogP contribution is 2.26. The number of nitrogen functional groups attached to an aromatic ring is 1. The van der Waals surface area contributed by atoms with E-state index in [1.807, 2.05) is 68.4 Å². The second-order valence-electron chi connectivity index (χ2n) is 13.2. The minimum atomic E-state index is -4.13. The van der Waals surface area contributed by atoms with Gasteiger partial charge in [-0.05, 0) is 53.1 Å². The number of nitrogens with one attached hydrogen (secondary N) is 1. The topological polar surface area (TPSA) is 160 Å². The van der Waals surface area contributed by atoms with E-state index in [-0.39, 0.29) is 53.5 Å². The van der Waals surface area contributed by atoms with Crippen molar-refractivity contribution in [3.63, 3.8) is 0 Å². The number of imidazole rings is 1. The number of rotatable bonds is 16. The smallest absolute Gasteiger partial charge is 0.332 e. The fourth-order valence-corrected chi connectivity index (χ4v) is 7.57. The summed E-state index contributed by atoms with van der Waals surface area (Å²) in [6.07, 6.45) is 1.75. The summed E-state index contributed by atoms with van der Waals surface area (Å²) in [5.41, 5.74) is 7.92. The van der Waals surface area contributed by atoms with Gasteiger partial charge in [0.25, 0.3) is 0 Å². The number of carbonyl (C=O) groups is 1. The van der Waals surface area contributed by atoms with Gasteiger partial charge in [-0.15, -0.1) is 0 Å². The third-order valence-corrected chi connectivity index (χ3v) is 10.6. The summed E-state index contributed by atoms with van der Waals surface area (Å²) in [4.78, 5) is 27.7. The fraction of sp³-hybridized carbons (Fsp3) is 0.351. The first-order chi connectivity index (χ1) is 23.6. The number of aliphatic hydroxyl groups excluding tert-OH is 1. The van der Waals surface area contributed by atoms with Crippen molar-refractivity contribution in [2.75, 3.05) is 18.8 Å². The van der Waals surface area contributed by atoms with Crippen molar-refractivity contribution < 1.29 is 23.4 Å². The van der Waals surface area contributed by atoms with Gasteiger partial charge in [-0.1, -0.05) is 107 Å². The number of anilines is 1. The molecule has 3 atom stereocenters. The van der Waals surface area contributed by atoms with Crippen molar-refractivity contribution >= 4 is 39.3 Å². The van der Waals surface area contributed by atoms with Gasteiger partial charge in [0.05, 0.1) is 40.5 Å². The molecular weight excluding hydrogens is 678 g/mol. The third-order valence-electron chi connectivity index (χ3n) is 8.39. The summed E-state index contributed by atoms with van der Waals surface area (Å²) in [6, 6.07) is 18.6. The van der Waals surface area contributed by atoms with Crippen LogP contribution in [0.3, 0.4) is 0 Å². The Balaban J connectivity index is 1.65. The molecule has 268 valence electrons. The van der Waals surface area contributed by atoms with Crippen LogP contribution in [0, 0.1) is 11.8 Å². The summed E-state index contributed by atoms with van der Waals surface area (Å²) in [7, 11) is -4.13. The number of amides is 1. The number of carbonyl (C=O) groups excluding carboxylic acids is 1. The largest absolute Gasteiger partial charge is 0.493 e. The van der Waals surface area contributed by atoms with E-state index in [1.54, 1.807) is 19.9 Å². The maximum absolute atomic E-state index is 14.1. The first-order valence-electron chi connectivity index (χ1n) is 16.4. The first kappa shape index (κ1) is 38.4. The van der Waals surface area contributed by atoms with Gasteiger partial charge in [0, 0.05) is 13.1 Å². The maximum Gasteiger partial charge on any atom is 0.332 e. The monoisotopic (exact) mass is 723 g/mol. The van der Waals surface area contributed by atoms with E-state index in [0.717, 1.165) is 16.7 Å². The highest BCUT2D eigenvalue weighted by atomic mass is 35.5. The van der Waals surface area contributed by atoms with Crippen molar-refractivity contribution in [2.24, 2.45) is 11.8 Å². The SMILES string of the molecule is C=Cc1ccc(Cn2c(O)cn([C@H](C(=O)N[C@@H](Cc3ccccc3)[C@H](O)CN(CC(C)C)S(=O)(=O)c3ccc(Cl)c(N)c3)C(C)C)c2=O)cc1. The van der Waals surface area contributed by atoms with Crippen molar-refractivity contribution in [1.82, 2.24) is 18.8 Å². The molecule has 1 heterocycles. The maximum atomic E-state index is 14.1. The number of aromatic nitrogens is 2. The second kappa shape index (κ2) is 16.6. The predicted molar refractivity (Wildman–Crippen MR) is 197 cm³/mol. The summed E-state index contributed by atoms with van der Waals surface area (Å²) in [5, 5.41) is 25.7. The van der Waals surface area contributed by atoms with Gasteiger partial charge < -0.3 is 21.3 Å². The minimum absolute atomic E-state index is 0.0730. The van der Waals surface area contributed by atoms with Crippen LogP contribution in [0.25, 0.3) is 6.08 Å². The number of nitrogens with zero attached hydrogens (tertiary/aromatic N) is 3. The van der Waals surface area contributed by atoms with Crippen molar-refractivity contribution in [1.29, 1.82) is 0 Å². The number of aliphatic hydroxyl groups is 1. The standard InChI is InChI=1S/C37H46ClN5O6S/c1-6-26-12-14-28(15-13-26)21-42-34(45)23-43(37(42)47)35(25(4)5)36(46)40-32(18-27-10-8-7-9-11-27)33(44)22-41(20-24(2)3)50(48,49)29-16-17-30(38)31(39)19-29/h6-17,19,23-25,32-33,35,44-45H,1,18,20-22,39H2,2-5H3,(H,40,46)/t32-,33+,35-/m0/s1. The molecule has 3 aromatic carbocycles. The van der Waals surface area contributed by atoms with Crippen LogP contribution >= 0.6 is 11.6 Å². The number of hydrogen-bond donors (Lipinski definition) is 4. The van der Waals surface area contributed by atoms with Gasteiger partial charge in [0.1, 0.15) is 6.04 Å². The quantitative estimate of drug-likeness (QED) is 0.120. The van der Waals surface area contributed by atoms with E-state index in [4.69, 9.17) is 17.3 Å². The number of benzene rings is 3. The molecule has 0 aliphatic heterocycles. The van der Waals surface area contributed by atoms with Gasteiger partial charge >= 0.3 is 5.69 Å². The van der Waals surface area contributed by atoms with E-state index >= 15 is 0 Å². The van der Waals surface area contributed by atoms with Crippen molar-refractivity contribution in [3.8, 4) is 5.88 Å². The van der Waals surface area contributed by atoms with Crippen LogP contribution in [0.4, 0.5) is 5.69 Å². The molecule has 5 N–H and O–H groups in total. The van der Waals surface area contributed by atoms with E-state index in [2.05, 4.69) is 11.9 Å². The molecule has 1 aromatic heterocycles. The lowest BCUT2D eigenvalue weighted by Gasteiger charge is -2.32. The van der Waals surface area contributed by atoms with Crippen LogP contribution in [0.15, 0.2) is 95.3 Å². The normalized spacial score (nSPS) is 13.8. The number of sulfonamides is 1. The van der Waals surface area contributed by atoms with Gasteiger partial charge in [0.15, 0.2) is 0 Å². The Bertz CT molecular complexity index is 1940. The molecule has 0 unspecified atom stereocenters. The molecule has 0 spiro atoms. The van der Waals surface area contributed by atoms with E-state index in [1.165, 1.54) is 37.8 Å². The molecule has 0 saturated heterocycles. The number of hydrogen-bond acceptors (Lipinski definition) is 7. The molecule has 0 saturated carbocycles. The Hall–Kier alpha value is -4.36. The predicted octanol–water partition coefficient (Wildman–Crippen LogP) is 4.91. The molecular formula is C37H46ClN5O6S. The van der Waals surface area contributed by atoms with E-state index in [9.17, 15) is 28.2 Å². The summed E-state index contributed by atoms with van der Waals surface area (Å²) in [5.74, 6) is -1.38. The lowest BCUT2D eigenvalue weighted by molar-refractivity contribution is -0.127. The lowest BCUT2D eigenvalue weighted by atomic mass is 9.98. The molecule has 13 heteroatoms. The average Bonchev–Trinajstić information content (AvgIpc) is 3.33. The van der Waals surface area contributed by atoms with E-state index in [0.29, 0.717) is 0 Å². The summed E-state index contributed by atoms with van der Waals surface area (Å²) in [6.45, 7) is 10.8. The zero-order valence-corrected chi connectivity index (χ0v) is 30.3. The highest BCUT2D eigenvalue weighted by Gasteiger charge is 2.34. The van der Waals surface area contributed by atoms with Crippen LogP contribution in [0.5, 0.6) is 5.88 Å². The molecule has 0 aliphatic carbocycles. The van der Waals surface area contributed by atoms with Crippen molar-refractivity contribution in [2.45, 2.75) is 63.7 Å². The Kier molecular flexibility index (Phi) is 12.7. The fourth-order valence-electron chi connectivity index (χ4n) is 5.79. The molecule has 11 nitrogen and oxygen atoms in total. The van der Waals surface area contributed by atoms with Crippen LogP contribution < -0.4 is 16.7 Å². The van der Waals surface area contributed by atoms with Gasteiger partial charge in [-0.25, -0.2) is 13.2 Å². The molecule has 0 aliphatic rings. The molecule has 1 amide bonds. The molecule has 0 fully saturated rings. The highest BCUT2D eigenvalue weighted by molar-refractivity contribution is 7.89. The summed E-state index contributed by atoms with van der Waals surface area (Å²) < 4.78 is 31.3. The minimum Gasteiger partial charge on any atom is -0.493 e. The molecule has 50 heavy (non-hydrogen) atoms. The van der Waals surface area contributed by atoms with Crippen LogP contribution in [-0.4, -0.2) is 63.2 Å². The first-order valence-corrected chi connectivity index (χ1v) is 18.2. The third kappa shape index (κ3) is 9.25. The molecule has 0 bridgehead atoms. The molecule has 0 radical (unpaired) electrons. The Morgan fingerprint density at radius 3 is 2.26 bits per heavy atom. The van der Waals surface area contributed by atoms with Crippen LogP contribution in [-0.2, 0) is 27.8 Å².